The van der Waals surface area contributed by atoms with Gasteiger partial charge in [-0.15, -0.1) is 0 Å². The number of carbonyl (C=O) groups is 1. The van der Waals surface area contributed by atoms with E-state index in [-0.39, 0.29) is 24.4 Å². The highest BCUT2D eigenvalue weighted by Crippen LogP contribution is 2.24. The molecule has 43 heavy (non-hydrogen) atoms. The zero-order valence-corrected chi connectivity index (χ0v) is 29.4. The fraction of sp³-hybridized carbons (Fsp3) is 0.703. The maximum Gasteiger partial charge on any atom is 0.350 e. The molecule has 0 aliphatic carbocycles. The van der Waals surface area contributed by atoms with Crippen molar-refractivity contribution in [2.45, 2.75) is 139 Å². The van der Waals surface area contributed by atoms with Gasteiger partial charge in [0.2, 0.25) is 0 Å². The van der Waals surface area contributed by atoms with E-state index in [1.165, 1.54) is 57.8 Å². The third-order valence-electron chi connectivity index (χ3n) is 6.07. The molecule has 0 spiro atoms. The number of nitrogens with zero attached hydrogens (tertiary/aromatic N) is 3. The van der Waals surface area contributed by atoms with E-state index in [0.717, 1.165) is 38.0 Å². The van der Waals surface area contributed by atoms with Crippen molar-refractivity contribution in [3.63, 3.8) is 0 Å². The predicted molar refractivity (Wildman–Crippen MR) is 185 cm³/mol. The normalized spacial score (nSPS) is 10.2. The van der Waals surface area contributed by atoms with E-state index in [1.807, 2.05) is 57.2 Å². The standard InChI is InChI=1S/C28H41N3O3.C4H10.C3H8.C2H6/c1-4-7-9-11-17-31(18-12-10-8-5-2)25-15-13-24(14-16-25)26(22-29)27(23-30)28(32)34-21-20-33-19-6-3;1-3-4-2;1-3-2;1-2/h13-16H,4-12,17-21H2,1-3H3;3-4H2,1-2H3;3H2,1-2H3;1-2H3/b27-26-;;;. The number of esters is 1. The third kappa shape index (κ3) is 24.3. The second-order valence-electron chi connectivity index (χ2n) is 10.1. The number of anilines is 1. The molecule has 0 bridgehead atoms. The lowest BCUT2D eigenvalue weighted by atomic mass is 10.0. The van der Waals surface area contributed by atoms with Crippen LogP contribution in [0.25, 0.3) is 5.57 Å². The first-order valence-electron chi connectivity index (χ1n) is 17.1. The first-order valence-corrected chi connectivity index (χ1v) is 17.1. The van der Waals surface area contributed by atoms with Crippen molar-refractivity contribution in [1.29, 1.82) is 10.5 Å². The van der Waals surface area contributed by atoms with Crippen LogP contribution in [0.5, 0.6) is 0 Å². The predicted octanol–water partition coefficient (Wildman–Crippen LogP) is 10.7. The van der Waals surface area contributed by atoms with Crippen LogP contribution in [0.2, 0.25) is 0 Å². The molecular formula is C37H65N3O3. The van der Waals surface area contributed by atoms with Crippen LogP contribution >= 0.6 is 0 Å². The van der Waals surface area contributed by atoms with Crippen LogP contribution in [-0.4, -0.2) is 38.9 Å². The molecule has 0 aliphatic rings. The summed E-state index contributed by atoms with van der Waals surface area (Å²) in [7, 11) is 0. The molecule has 0 heterocycles. The van der Waals surface area contributed by atoms with Crippen LogP contribution in [0.1, 0.15) is 145 Å². The molecule has 1 aromatic carbocycles. The van der Waals surface area contributed by atoms with Crippen LogP contribution < -0.4 is 4.90 Å². The average Bonchev–Trinajstić information content (AvgIpc) is 3.04. The van der Waals surface area contributed by atoms with Gasteiger partial charge in [-0.05, 0) is 37.0 Å². The summed E-state index contributed by atoms with van der Waals surface area (Å²) >= 11 is 0. The van der Waals surface area contributed by atoms with Gasteiger partial charge < -0.3 is 14.4 Å². The molecule has 0 atom stereocenters. The number of ether oxygens (including phenoxy) is 2. The highest BCUT2D eigenvalue weighted by molar-refractivity contribution is 6.04. The Morgan fingerprint density at radius 1 is 0.674 bits per heavy atom. The zero-order chi connectivity index (χ0) is 33.1. The maximum absolute atomic E-state index is 12.4. The van der Waals surface area contributed by atoms with Crippen LogP contribution in [-0.2, 0) is 14.3 Å². The van der Waals surface area contributed by atoms with Crippen molar-refractivity contribution in [2.24, 2.45) is 0 Å². The van der Waals surface area contributed by atoms with E-state index in [0.29, 0.717) is 12.2 Å². The van der Waals surface area contributed by atoms with E-state index in [4.69, 9.17) is 9.47 Å². The second kappa shape index (κ2) is 35.4. The molecule has 6 heteroatoms. The lowest BCUT2D eigenvalue weighted by molar-refractivity contribution is -0.140. The van der Waals surface area contributed by atoms with Gasteiger partial charge in [0.15, 0.2) is 5.57 Å². The molecule has 0 aromatic heterocycles. The highest BCUT2D eigenvalue weighted by Gasteiger charge is 2.19. The minimum absolute atomic E-state index is 0.0333. The lowest BCUT2D eigenvalue weighted by Crippen LogP contribution is -2.25. The molecule has 0 N–H and O–H groups in total. The number of rotatable bonds is 19. The molecule has 0 aliphatic heterocycles. The zero-order valence-electron chi connectivity index (χ0n) is 29.4. The Morgan fingerprint density at radius 3 is 1.58 bits per heavy atom. The van der Waals surface area contributed by atoms with Crippen molar-refractivity contribution < 1.29 is 14.3 Å². The Balaban J connectivity index is -0.00000157. The number of hydrogen-bond acceptors (Lipinski definition) is 6. The molecular weight excluding hydrogens is 534 g/mol. The summed E-state index contributed by atoms with van der Waals surface area (Å²) in [5.41, 5.74) is 1.40. The monoisotopic (exact) mass is 600 g/mol. The van der Waals surface area contributed by atoms with Crippen molar-refractivity contribution >= 4 is 17.2 Å². The van der Waals surface area contributed by atoms with Gasteiger partial charge in [0, 0.05) is 25.4 Å². The Labute approximate surface area is 266 Å². The topological polar surface area (TPSA) is 86.4 Å². The Kier molecular flexibility index (Phi) is 36.7. The van der Waals surface area contributed by atoms with E-state index in [9.17, 15) is 15.3 Å². The Morgan fingerprint density at radius 2 is 1.19 bits per heavy atom. The Hall–Kier alpha value is -2.83. The summed E-state index contributed by atoms with van der Waals surface area (Å²) in [5.74, 6) is -0.795. The van der Waals surface area contributed by atoms with E-state index >= 15 is 0 Å². The lowest BCUT2D eigenvalue weighted by Gasteiger charge is -2.25. The first kappa shape index (κ1) is 44.6. The molecule has 6 nitrogen and oxygen atoms in total. The van der Waals surface area contributed by atoms with Crippen molar-refractivity contribution in [2.75, 3.05) is 37.8 Å². The SMILES string of the molecule is CC.CCC.CCCC.CCCCCCN(CCCCCC)c1ccc(/C(C#N)=C(/C#N)C(=O)OCCOCCC)cc1. The van der Waals surface area contributed by atoms with Gasteiger partial charge >= 0.3 is 5.97 Å². The first-order chi connectivity index (χ1) is 20.9. The molecule has 1 aromatic rings. The minimum Gasteiger partial charge on any atom is -0.459 e. The van der Waals surface area contributed by atoms with Crippen LogP contribution in [0.4, 0.5) is 5.69 Å². The third-order valence-corrected chi connectivity index (χ3v) is 6.07. The fourth-order valence-electron chi connectivity index (χ4n) is 3.65. The summed E-state index contributed by atoms with van der Waals surface area (Å²) < 4.78 is 10.4. The van der Waals surface area contributed by atoms with Gasteiger partial charge in [-0.3, -0.25) is 0 Å². The molecule has 0 amide bonds. The van der Waals surface area contributed by atoms with Gasteiger partial charge in [0.1, 0.15) is 18.7 Å². The Bertz CT molecular complexity index is 853. The molecule has 0 radical (unpaired) electrons. The fourth-order valence-corrected chi connectivity index (χ4v) is 3.65. The van der Waals surface area contributed by atoms with Crippen LogP contribution in [0.3, 0.4) is 0 Å². The quantitative estimate of drug-likeness (QED) is 0.0680. The van der Waals surface area contributed by atoms with Gasteiger partial charge in [-0.25, -0.2) is 4.79 Å². The summed E-state index contributed by atoms with van der Waals surface area (Å²) in [6.45, 7) is 21.9. The van der Waals surface area contributed by atoms with Crippen LogP contribution in [0, 0.1) is 22.7 Å². The number of benzene rings is 1. The molecule has 0 unspecified atom stereocenters. The number of allylic oxidation sites excluding steroid dienone is 1. The molecule has 0 fully saturated rings. The smallest absolute Gasteiger partial charge is 0.350 e. The number of nitriles is 2. The van der Waals surface area contributed by atoms with Crippen LogP contribution in [0.15, 0.2) is 29.8 Å². The molecule has 246 valence electrons. The second-order valence-corrected chi connectivity index (χ2v) is 10.1. The minimum atomic E-state index is -0.795. The van der Waals surface area contributed by atoms with E-state index in [2.05, 4.69) is 46.4 Å². The van der Waals surface area contributed by atoms with Gasteiger partial charge in [0.05, 0.1) is 12.2 Å². The van der Waals surface area contributed by atoms with Crippen molar-refractivity contribution in [1.82, 2.24) is 0 Å². The van der Waals surface area contributed by atoms with Crippen molar-refractivity contribution in [3.8, 4) is 12.1 Å². The average molecular weight is 600 g/mol. The molecule has 0 saturated heterocycles. The largest absolute Gasteiger partial charge is 0.459 e. The number of unbranched alkanes of at least 4 members (excludes halogenated alkanes) is 7. The van der Waals surface area contributed by atoms with Crippen molar-refractivity contribution in [3.05, 3.63) is 35.4 Å². The summed E-state index contributed by atoms with van der Waals surface area (Å²) in [6.07, 6.45) is 14.4. The molecule has 1 rings (SSSR count). The number of carbonyl (C=O) groups excluding carboxylic acids is 1. The highest BCUT2D eigenvalue weighted by atomic mass is 16.6. The number of hydrogen-bond donors (Lipinski definition) is 0. The van der Waals surface area contributed by atoms with E-state index < -0.39 is 5.97 Å². The molecule has 0 saturated carbocycles. The van der Waals surface area contributed by atoms with Gasteiger partial charge in [-0.2, -0.15) is 10.5 Å². The van der Waals surface area contributed by atoms with Gasteiger partial charge in [-0.1, -0.05) is 132 Å². The summed E-state index contributed by atoms with van der Waals surface area (Å²) in [4.78, 5) is 14.8. The van der Waals surface area contributed by atoms with Gasteiger partial charge in [0.25, 0.3) is 0 Å². The van der Waals surface area contributed by atoms with E-state index in [1.54, 1.807) is 0 Å². The summed E-state index contributed by atoms with van der Waals surface area (Å²) in [5, 5.41) is 19.2. The summed E-state index contributed by atoms with van der Waals surface area (Å²) in [6, 6.07) is 11.5. The maximum atomic E-state index is 12.4.